The summed E-state index contributed by atoms with van der Waals surface area (Å²) in [6.07, 6.45) is 1.88. The zero-order chi connectivity index (χ0) is 15.6. The number of halogens is 2. The van der Waals surface area contributed by atoms with Crippen LogP contribution in [-0.4, -0.2) is 10.5 Å². The van der Waals surface area contributed by atoms with Crippen molar-refractivity contribution in [2.75, 3.05) is 5.32 Å². The lowest BCUT2D eigenvalue weighted by atomic mass is 10.2. The van der Waals surface area contributed by atoms with Gasteiger partial charge in [-0.05, 0) is 70.0 Å². The van der Waals surface area contributed by atoms with Crippen LogP contribution in [0.3, 0.4) is 0 Å². The van der Waals surface area contributed by atoms with Crippen molar-refractivity contribution in [3.63, 3.8) is 0 Å². The van der Waals surface area contributed by atoms with Crippen LogP contribution in [0.2, 0.25) is 0 Å². The number of hydrogen-bond acceptors (Lipinski definition) is 2. The van der Waals surface area contributed by atoms with E-state index >= 15 is 0 Å². The highest BCUT2D eigenvalue weighted by Gasteiger charge is 2.16. The quantitative estimate of drug-likeness (QED) is 0.795. The van der Waals surface area contributed by atoms with E-state index in [1.807, 2.05) is 24.6 Å². The van der Waals surface area contributed by atoms with Crippen molar-refractivity contribution in [3.8, 4) is 6.07 Å². The molecule has 1 aromatic heterocycles. The average molecular weight is 411 g/mol. The Balaban J connectivity index is 2.29. The summed E-state index contributed by atoms with van der Waals surface area (Å²) in [5, 5.41) is 11.7. The lowest BCUT2D eigenvalue weighted by Gasteiger charge is -2.13. The third kappa shape index (κ3) is 3.55. The van der Waals surface area contributed by atoms with Gasteiger partial charge in [-0.15, -0.1) is 0 Å². The monoisotopic (exact) mass is 409 g/mol. The van der Waals surface area contributed by atoms with Crippen LogP contribution in [0.25, 0.3) is 0 Å². The fourth-order valence-electron chi connectivity index (χ4n) is 1.93. The maximum absolute atomic E-state index is 12.4. The number of anilines is 1. The van der Waals surface area contributed by atoms with Gasteiger partial charge in [-0.2, -0.15) is 5.26 Å². The van der Waals surface area contributed by atoms with E-state index in [-0.39, 0.29) is 11.9 Å². The Morgan fingerprint density at radius 2 is 2.05 bits per heavy atom. The minimum atomic E-state index is -0.195. The van der Waals surface area contributed by atoms with Crippen LogP contribution < -0.4 is 5.32 Å². The summed E-state index contributed by atoms with van der Waals surface area (Å²) in [5.74, 6) is -0.195. The van der Waals surface area contributed by atoms with E-state index in [0.717, 1.165) is 4.47 Å². The lowest BCUT2D eigenvalue weighted by Crippen LogP contribution is -2.18. The first-order chi connectivity index (χ1) is 9.92. The number of carbonyl (C=O) groups is 1. The summed E-state index contributed by atoms with van der Waals surface area (Å²) in [6, 6.07) is 9.07. The number of rotatable bonds is 3. The fourth-order valence-corrected chi connectivity index (χ4v) is 2.84. The molecule has 0 spiro atoms. The van der Waals surface area contributed by atoms with E-state index in [1.165, 1.54) is 0 Å². The summed E-state index contributed by atoms with van der Waals surface area (Å²) < 4.78 is 3.44. The normalized spacial score (nSPS) is 10.5. The molecule has 1 N–H and O–H groups in total. The highest BCUT2D eigenvalue weighted by Crippen LogP contribution is 2.25. The highest BCUT2D eigenvalue weighted by atomic mass is 79.9. The number of carbonyl (C=O) groups excluding carboxylic acids is 1. The molecule has 4 nitrogen and oxygen atoms in total. The maximum Gasteiger partial charge on any atom is 0.272 e. The first kappa shape index (κ1) is 15.8. The molecule has 2 aromatic rings. The SMILES string of the molecule is CC(C)n1cc(Br)cc1C(=O)Nc1ccc(C#N)cc1Br. The number of amides is 1. The van der Waals surface area contributed by atoms with Gasteiger partial charge in [-0.1, -0.05) is 0 Å². The highest BCUT2D eigenvalue weighted by molar-refractivity contribution is 9.10. The molecule has 21 heavy (non-hydrogen) atoms. The number of aromatic nitrogens is 1. The van der Waals surface area contributed by atoms with Crippen molar-refractivity contribution in [1.82, 2.24) is 4.57 Å². The smallest absolute Gasteiger partial charge is 0.272 e. The van der Waals surface area contributed by atoms with Gasteiger partial charge in [-0.3, -0.25) is 4.79 Å². The van der Waals surface area contributed by atoms with Crippen molar-refractivity contribution in [1.29, 1.82) is 5.26 Å². The molecule has 0 aliphatic heterocycles. The fraction of sp³-hybridized carbons (Fsp3) is 0.200. The molecule has 1 amide bonds. The summed E-state index contributed by atoms with van der Waals surface area (Å²) in [5.41, 5.74) is 1.74. The number of nitrogens with one attached hydrogen (secondary N) is 1. The number of nitrogens with zero attached hydrogens (tertiary/aromatic N) is 2. The molecule has 0 aliphatic rings. The van der Waals surface area contributed by atoms with Gasteiger partial charge in [0.15, 0.2) is 0 Å². The molecule has 0 saturated carbocycles. The van der Waals surface area contributed by atoms with Crippen LogP contribution >= 0.6 is 31.9 Å². The second-order valence-electron chi connectivity index (χ2n) is 4.81. The van der Waals surface area contributed by atoms with Gasteiger partial charge in [0, 0.05) is 21.2 Å². The summed E-state index contributed by atoms with van der Waals surface area (Å²) >= 11 is 6.75. The predicted octanol–water partition coefficient (Wildman–Crippen LogP) is 4.72. The van der Waals surface area contributed by atoms with Gasteiger partial charge in [0.05, 0.1) is 17.3 Å². The summed E-state index contributed by atoms with van der Waals surface area (Å²) in [7, 11) is 0. The standard InChI is InChI=1S/C15H13Br2N3O/c1-9(2)20-8-11(16)6-14(20)15(21)19-13-4-3-10(7-18)5-12(13)17/h3-6,8-9H,1-2H3,(H,19,21). The van der Waals surface area contributed by atoms with Crippen molar-refractivity contribution in [2.24, 2.45) is 0 Å². The summed E-state index contributed by atoms with van der Waals surface area (Å²) in [6.45, 7) is 4.03. The first-order valence-electron chi connectivity index (χ1n) is 6.30. The van der Waals surface area contributed by atoms with Gasteiger partial charge < -0.3 is 9.88 Å². The largest absolute Gasteiger partial charge is 0.340 e. The van der Waals surface area contributed by atoms with Gasteiger partial charge in [0.1, 0.15) is 5.69 Å². The van der Waals surface area contributed by atoms with Gasteiger partial charge in [0.2, 0.25) is 0 Å². The minimum absolute atomic E-state index is 0.182. The molecule has 0 bridgehead atoms. The first-order valence-corrected chi connectivity index (χ1v) is 7.89. The van der Waals surface area contributed by atoms with Crippen molar-refractivity contribution < 1.29 is 4.79 Å². The molecule has 0 saturated heterocycles. The van der Waals surface area contributed by atoms with Gasteiger partial charge in [0.25, 0.3) is 5.91 Å². The van der Waals surface area contributed by atoms with Crippen molar-refractivity contribution in [3.05, 3.63) is 50.7 Å². The number of nitriles is 1. The third-order valence-electron chi connectivity index (χ3n) is 2.95. The van der Waals surface area contributed by atoms with Crippen LogP contribution in [0.5, 0.6) is 0 Å². The van der Waals surface area contributed by atoms with Gasteiger partial charge in [-0.25, -0.2) is 0 Å². The molecule has 1 heterocycles. The maximum atomic E-state index is 12.4. The Kier molecular flexibility index (Phi) is 4.86. The third-order valence-corrected chi connectivity index (χ3v) is 4.04. The molecule has 0 fully saturated rings. The predicted molar refractivity (Wildman–Crippen MR) is 89.3 cm³/mol. The number of benzene rings is 1. The van der Waals surface area contributed by atoms with Crippen LogP contribution in [0.4, 0.5) is 5.69 Å². The summed E-state index contributed by atoms with van der Waals surface area (Å²) in [4.78, 5) is 12.4. The Morgan fingerprint density at radius 1 is 1.33 bits per heavy atom. The van der Waals surface area contributed by atoms with Crippen LogP contribution in [-0.2, 0) is 0 Å². The topological polar surface area (TPSA) is 57.8 Å². The van der Waals surface area contributed by atoms with Crippen LogP contribution in [0, 0.1) is 11.3 Å². The molecule has 0 aliphatic carbocycles. The molecule has 0 radical (unpaired) electrons. The van der Waals surface area contributed by atoms with Crippen molar-refractivity contribution in [2.45, 2.75) is 19.9 Å². The van der Waals surface area contributed by atoms with E-state index in [0.29, 0.717) is 21.4 Å². The lowest BCUT2D eigenvalue weighted by molar-refractivity contribution is 0.101. The van der Waals surface area contributed by atoms with Crippen LogP contribution in [0.1, 0.15) is 35.9 Å². The van der Waals surface area contributed by atoms with E-state index in [2.05, 4.69) is 43.2 Å². The van der Waals surface area contributed by atoms with E-state index in [1.54, 1.807) is 24.3 Å². The molecular formula is C15H13Br2N3O. The number of hydrogen-bond donors (Lipinski definition) is 1. The second kappa shape index (κ2) is 6.46. The Bertz CT molecular complexity index is 729. The zero-order valence-electron chi connectivity index (χ0n) is 11.5. The van der Waals surface area contributed by atoms with E-state index in [4.69, 9.17) is 5.26 Å². The molecule has 0 atom stereocenters. The Labute approximate surface area is 140 Å². The van der Waals surface area contributed by atoms with E-state index < -0.39 is 0 Å². The molecular weight excluding hydrogens is 398 g/mol. The van der Waals surface area contributed by atoms with E-state index in [9.17, 15) is 4.79 Å². The molecule has 1 aromatic carbocycles. The second-order valence-corrected chi connectivity index (χ2v) is 6.58. The van der Waals surface area contributed by atoms with Crippen molar-refractivity contribution >= 4 is 43.5 Å². The van der Waals surface area contributed by atoms with Gasteiger partial charge >= 0.3 is 0 Å². The minimum Gasteiger partial charge on any atom is -0.340 e. The average Bonchev–Trinajstić information content (AvgIpc) is 2.83. The molecule has 2 rings (SSSR count). The van der Waals surface area contributed by atoms with Crippen LogP contribution in [0.15, 0.2) is 39.4 Å². The Hall–Kier alpha value is -1.58. The zero-order valence-corrected chi connectivity index (χ0v) is 14.7. The molecule has 6 heteroatoms. The molecule has 0 unspecified atom stereocenters. The molecule has 108 valence electrons. The Morgan fingerprint density at radius 3 is 2.62 bits per heavy atom.